The number of carbonyl (C=O) groups excluding carboxylic acids is 2. The molecule has 5 heteroatoms. The molecule has 0 N–H and O–H groups in total. The van der Waals surface area contributed by atoms with Crippen LogP contribution in [-0.4, -0.2) is 16.7 Å². The van der Waals surface area contributed by atoms with Crippen LogP contribution in [0.5, 0.6) is 0 Å². The number of carbonyl (C=O) groups is 2. The van der Waals surface area contributed by atoms with Crippen molar-refractivity contribution in [3.8, 4) is 0 Å². The van der Waals surface area contributed by atoms with Crippen LogP contribution in [0.2, 0.25) is 0 Å². The summed E-state index contributed by atoms with van der Waals surface area (Å²) in [6, 6.07) is 1.58. The minimum absolute atomic E-state index is 0.0164. The molecule has 0 saturated heterocycles. The number of hydrogen-bond acceptors (Lipinski definition) is 4. The molecule has 0 fully saturated rings. The predicted molar refractivity (Wildman–Crippen MR) is 76.0 cm³/mol. The van der Waals surface area contributed by atoms with Crippen molar-refractivity contribution in [1.29, 1.82) is 0 Å². The molecule has 0 spiro atoms. The number of ketones is 1. The molecule has 0 radical (unpaired) electrons. The van der Waals surface area contributed by atoms with Crippen molar-refractivity contribution in [3.63, 3.8) is 0 Å². The first-order chi connectivity index (χ1) is 9.25. The van der Waals surface area contributed by atoms with Crippen molar-refractivity contribution in [3.05, 3.63) is 28.6 Å². The number of Topliss-reactive ketones (excluding diaryl/α,β-unsaturated/α-hetero) is 1. The van der Waals surface area contributed by atoms with E-state index in [0.717, 1.165) is 12.1 Å². The predicted octanol–water partition coefficient (Wildman–Crippen LogP) is 3.67. The molecule has 0 atom stereocenters. The smallest absolute Gasteiger partial charge is 0.343 e. The molecule has 1 aromatic heterocycles. The number of aromatic nitrogens is 1. The van der Waals surface area contributed by atoms with E-state index in [0.29, 0.717) is 17.7 Å². The molecule has 0 aliphatic heterocycles. The van der Waals surface area contributed by atoms with Gasteiger partial charge in [-0.15, -0.1) is 0 Å². The Morgan fingerprint density at radius 1 is 1.40 bits per heavy atom. The number of fused-ring (bicyclic) bond motifs is 1. The second kappa shape index (κ2) is 5.17. The molecule has 0 aromatic carbocycles. The molecule has 20 heavy (non-hydrogen) atoms. The first-order valence-corrected chi connectivity index (χ1v) is 6.96. The molecule has 1 heterocycles. The lowest BCUT2D eigenvalue weighted by Crippen LogP contribution is -2.29. The summed E-state index contributed by atoms with van der Waals surface area (Å²) in [6.45, 7) is 7.97. The van der Waals surface area contributed by atoms with Crippen molar-refractivity contribution in [2.24, 2.45) is 5.41 Å². The van der Waals surface area contributed by atoms with Crippen LogP contribution in [0.1, 0.15) is 72.1 Å². The molecule has 0 saturated carbocycles. The van der Waals surface area contributed by atoms with Gasteiger partial charge in [-0.25, -0.2) is 4.79 Å². The summed E-state index contributed by atoms with van der Waals surface area (Å²) in [5.41, 5.74) is 2.09. The van der Waals surface area contributed by atoms with E-state index in [9.17, 15) is 9.59 Å². The second-order valence-electron chi connectivity index (χ2n) is 6.38. The van der Waals surface area contributed by atoms with Gasteiger partial charge in [0.1, 0.15) is 11.9 Å². The summed E-state index contributed by atoms with van der Waals surface area (Å²) >= 11 is 5.17. The van der Waals surface area contributed by atoms with E-state index in [-0.39, 0.29) is 22.7 Å². The number of hydrogen-bond donors (Lipinski definition) is 0. The fourth-order valence-corrected chi connectivity index (χ4v) is 2.72. The Morgan fingerprint density at radius 2 is 2.05 bits per heavy atom. The third kappa shape index (κ3) is 2.70. The van der Waals surface area contributed by atoms with Gasteiger partial charge < -0.3 is 4.29 Å². The fourth-order valence-electron chi connectivity index (χ4n) is 2.63. The SMILES string of the molecule is CC(C)c1nc2c(cc1C(=O)OCl)C(=O)CC(C)(C)C2. The quantitative estimate of drug-likeness (QED) is 0.835. The standard InChI is InChI=1S/C15H18ClNO3/c1-8(2)13-10(14(19)20-16)5-9-11(17-13)6-15(3,4)7-12(9)18/h5,8H,6-7H2,1-4H3. The van der Waals surface area contributed by atoms with Crippen LogP contribution in [-0.2, 0) is 10.7 Å². The van der Waals surface area contributed by atoms with Gasteiger partial charge in [-0.05, 0) is 23.8 Å². The molecular weight excluding hydrogens is 278 g/mol. The van der Waals surface area contributed by atoms with Gasteiger partial charge in [0.15, 0.2) is 5.78 Å². The van der Waals surface area contributed by atoms with Gasteiger partial charge in [0, 0.05) is 12.0 Å². The van der Waals surface area contributed by atoms with Crippen molar-refractivity contribution in [2.75, 3.05) is 0 Å². The third-order valence-corrected chi connectivity index (χ3v) is 3.69. The van der Waals surface area contributed by atoms with Gasteiger partial charge in [0.25, 0.3) is 0 Å². The zero-order chi connectivity index (χ0) is 15.1. The van der Waals surface area contributed by atoms with Crippen molar-refractivity contribution >= 4 is 23.6 Å². The minimum atomic E-state index is -0.664. The Labute approximate surface area is 123 Å². The maximum absolute atomic E-state index is 12.2. The van der Waals surface area contributed by atoms with Gasteiger partial charge in [-0.1, -0.05) is 27.7 Å². The summed E-state index contributed by atoms with van der Waals surface area (Å²) in [7, 11) is 0. The van der Waals surface area contributed by atoms with Crippen LogP contribution in [0, 0.1) is 5.41 Å². The van der Waals surface area contributed by atoms with Crippen molar-refractivity contribution < 1.29 is 13.9 Å². The highest BCUT2D eigenvalue weighted by molar-refractivity contribution is 6.16. The van der Waals surface area contributed by atoms with E-state index in [1.54, 1.807) is 6.07 Å². The highest BCUT2D eigenvalue weighted by atomic mass is 35.5. The number of rotatable bonds is 2. The monoisotopic (exact) mass is 295 g/mol. The van der Waals surface area contributed by atoms with Gasteiger partial charge in [-0.3, -0.25) is 9.78 Å². The van der Waals surface area contributed by atoms with Crippen LogP contribution in [0.4, 0.5) is 0 Å². The maximum Gasteiger partial charge on any atom is 0.358 e. The van der Waals surface area contributed by atoms with Crippen LogP contribution < -0.4 is 0 Å². The molecule has 1 aliphatic rings. The van der Waals surface area contributed by atoms with Crippen LogP contribution >= 0.6 is 11.9 Å². The first kappa shape index (κ1) is 15.0. The third-order valence-electron chi connectivity index (χ3n) is 3.55. The largest absolute Gasteiger partial charge is 0.358 e. The summed E-state index contributed by atoms with van der Waals surface area (Å²) in [4.78, 5) is 28.5. The lowest BCUT2D eigenvalue weighted by Gasteiger charge is -2.30. The van der Waals surface area contributed by atoms with Gasteiger partial charge in [0.05, 0.1) is 17.0 Å². The molecule has 0 amide bonds. The highest BCUT2D eigenvalue weighted by Gasteiger charge is 2.34. The lowest BCUT2D eigenvalue weighted by atomic mass is 9.75. The first-order valence-electron chi connectivity index (χ1n) is 6.65. The van der Waals surface area contributed by atoms with Gasteiger partial charge >= 0.3 is 5.97 Å². The number of pyridine rings is 1. The summed E-state index contributed by atoms with van der Waals surface area (Å²) in [6.07, 6.45) is 1.18. The van der Waals surface area contributed by atoms with Gasteiger partial charge in [-0.2, -0.15) is 0 Å². The van der Waals surface area contributed by atoms with E-state index < -0.39 is 5.97 Å². The van der Waals surface area contributed by atoms with E-state index in [1.807, 2.05) is 27.7 Å². The average molecular weight is 296 g/mol. The summed E-state index contributed by atoms with van der Waals surface area (Å²) in [5, 5.41) is 0. The molecule has 0 unspecified atom stereocenters. The second-order valence-corrected chi connectivity index (χ2v) is 6.53. The number of halogens is 1. The Balaban J connectivity index is 2.62. The Bertz CT molecular complexity index is 579. The minimum Gasteiger partial charge on any atom is -0.343 e. The Hall–Kier alpha value is -1.42. The van der Waals surface area contributed by atoms with E-state index in [2.05, 4.69) is 9.27 Å². The molecule has 2 rings (SSSR count). The zero-order valence-electron chi connectivity index (χ0n) is 12.1. The lowest BCUT2D eigenvalue weighted by molar-refractivity contribution is 0.0749. The normalized spacial score (nSPS) is 17.0. The van der Waals surface area contributed by atoms with Crippen LogP contribution in [0.15, 0.2) is 6.07 Å². The van der Waals surface area contributed by atoms with E-state index >= 15 is 0 Å². The maximum atomic E-state index is 12.2. The molecule has 1 aliphatic carbocycles. The Kier molecular flexibility index (Phi) is 3.87. The van der Waals surface area contributed by atoms with E-state index in [1.165, 1.54) is 0 Å². The molecule has 0 bridgehead atoms. The summed E-state index contributed by atoms with van der Waals surface area (Å²) in [5.74, 6) is -0.600. The van der Waals surface area contributed by atoms with Gasteiger partial charge in [0.2, 0.25) is 0 Å². The molecule has 1 aromatic rings. The Morgan fingerprint density at radius 3 is 2.60 bits per heavy atom. The fraction of sp³-hybridized carbons (Fsp3) is 0.533. The molecule has 4 nitrogen and oxygen atoms in total. The highest BCUT2D eigenvalue weighted by Crippen LogP contribution is 2.35. The number of nitrogens with zero attached hydrogens (tertiary/aromatic N) is 1. The van der Waals surface area contributed by atoms with Crippen molar-refractivity contribution in [1.82, 2.24) is 4.98 Å². The average Bonchev–Trinajstić information content (AvgIpc) is 2.35. The van der Waals surface area contributed by atoms with Crippen molar-refractivity contribution in [2.45, 2.75) is 46.5 Å². The molecule has 108 valence electrons. The van der Waals surface area contributed by atoms with Crippen LogP contribution in [0.25, 0.3) is 0 Å². The summed E-state index contributed by atoms with van der Waals surface area (Å²) < 4.78 is 4.28. The van der Waals surface area contributed by atoms with E-state index in [4.69, 9.17) is 11.9 Å². The zero-order valence-corrected chi connectivity index (χ0v) is 12.9. The topological polar surface area (TPSA) is 56.3 Å². The van der Waals surface area contributed by atoms with Crippen LogP contribution in [0.3, 0.4) is 0 Å². The molecular formula is C15H18ClNO3.